The van der Waals surface area contributed by atoms with Crippen molar-refractivity contribution in [2.24, 2.45) is 7.05 Å². The number of rotatable bonds is 2. The number of aryl methyl sites for hydroxylation is 2. The fraction of sp³-hybridized carbons (Fsp3) is 0.750. The van der Waals surface area contributed by atoms with E-state index in [2.05, 4.69) is 26.3 Å². The van der Waals surface area contributed by atoms with Crippen LogP contribution in [0.2, 0.25) is 0 Å². The van der Waals surface area contributed by atoms with Crippen LogP contribution in [0.4, 0.5) is 4.39 Å². The third kappa shape index (κ3) is 2.88. The molecule has 1 aromatic heterocycles. The Bertz CT molecular complexity index is 395. The average molecular weight is 304 g/mol. The minimum Gasteiger partial charge on any atom is -0.317 e. The van der Waals surface area contributed by atoms with Crippen LogP contribution >= 0.6 is 15.9 Å². The molecule has 1 aromatic rings. The van der Waals surface area contributed by atoms with E-state index >= 15 is 0 Å². The molecule has 1 saturated heterocycles. The molecule has 1 atom stereocenters. The third-order valence-corrected chi connectivity index (χ3v) is 4.51. The van der Waals surface area contributed by atoms with Crippen molar-refractivity contribution in [1.82, 2.24) is 15.1 Å². The van der Waals surface area contributed by atoms with Gasteiger partial charge >= 0.3 is 0 Å². The molecule has 17 heavy (non-hydrogen) atoms. The SMILES string of the molecule is Cc1nn(C)c(CC2(F)CCCNCC2)c1Br. The topological polar surface area (TPSA) is 29.9 Å². The highest BCUT2D eigenvalue weighted by Gasteiger charge is 2.32. The Morgan fingerprint density at radius 3 is 2.88 bits per heavy atom. The second-order valence-electron chi connectivity index (χ2n) is 4.90. The molecule has 0 aliphatic carbocycles. The summed E-state index contributed by atoms with van der Waals surface area (Å²) < 4.78 is 17.5. The number of nitrogens with zero attached hydrogens (tertiary/aromatic N) is 2. The highest BCUT2D eigenvalue weighted by molar-refractivity contribution is 9.10. The fourth-order valence-electron chi connectivity index (χ4n) is 2.44. The molecule has 1 N–H and O–H groups in total. The molecule has 96 valence electrons. The van der Waals surface area contributed by atoms with Crippen molar-refractivity contribution >= 4 is 15.9 Å². The van der Waals surface area contributed by atoms with Gasteiger partial charge in [-0.05, 0) is 55.2 Å². The second kappa shape index (κ2) is 5.06. The summed E-state index contributed by atoms with van der Waals surface area (Å²) in [6.45, 7) is 3.63. The van der Waals surface area contributed by atoms with Crippen molar-refractivity contribution in [2.75, 3.05) is 13.1 Å². The van der Waals surface area contributed by atoms with Crippen LogP contribution in [0, 0.1) is 6.92 Å². The van der Waals surface area contributed by atoms with E-state index in [1.165, 1.54) is 0 Å². The quantitative estimate of drug-likeness (QED) is 0.910. The number of hydrogen-bond donors (Lipinski definition) is 1. The summed E-state index contributed by atoms with van der Waals surface area (Å²) in [6.07, 6.45) is 2.58. The Balaban J connectivity index is 2.18. The molecule has 0 amide bonds. The zero-order chi connectivity index (χ0) is 12.5. The van der Waals surface area contributed by atoms with Crippen molar-refractivity contribution in [3.05, 3.63) is 15.9 Å². The average Bonchev–Trinajstić information content (AvgIpc) is 2.48. The van der Waals surface area contributed by atoms with Crippen LogP contribution in [0.15, 0.2) is 4.47 Å². The Morgan fingerprint density at radius 2 is 2.24 bits per heavy atom. The largest absolute Gasteiger partial charge is 0.317 e. The Hall–Kier alpha value is -0.420. The van der Waals surface area contributed by atoms with E-state index in [-0.39, 0.29) is 0 Å². The van der Waals surface area contributed by atoms with E-state index in [1.807, 2.05) is 14.0 Å². The lowest BCUT2D eigenvalue weighted by atomic mass is 9.91. The zero-order valence-electron chi connectivity index (χ0n) is 10.4. The summed E-state index contributed by atoms with van der Waals surface area (Å²) >= 11 is 3.51. The minimum atomic E-state index is -1.09. The maximum absolute atomic E-state index is 14.8. The maximum atomic E-state index is 14.8. The monoisotopic (exact) mass is 303 g/mol. The molecule has 3 nitrogen and oxygen atoms in total. The Kier molecular flexibility index (Phi) is 3.88. The summed E-state index contributed by atoms with van der Waals surface area (Å²) in [5.74, 6) is 0. The van der Waals surface area contributed by atoms with Crippen molar-refractivity contribution in [3.63, 3.8) is 0 Å². The van der Waals surface area contributed by atoms with Crippen LogP contribution in [-0.2, 0) is 13.5 Å². The van der Waals surface area contributed by atoms with Crippen LogP contribution < -0.4 is 5.32 Å². The molecule has 5 heteroatoms. The predicted molar refractivity (Wildman–Crippen MR) is 69.9 cm³/mol. The smallest absolute Gasteiger partial charge is 0.117 e. The first-order valence-electron chi connectivity index (χ1n) is 6.09. The first-order chi connectivity index (χ1) is 8.02. The predicted octanol–water partition coefficient (Wildman–Crippen LogP) is 2.52. The van der Waals surface area contributed by atoms with Crippen molar-refractivity contribution in [1.29, 1.82) is 0 Å². The van der Waals surface area contributed by atoms with E-state index in [9.17, 15) is 4.39 Å². The van der Waals surface area contributed by atoms with Gasteiger partial charge < -0.3 is 5.32 Å². The highest BCUT2D eigenvalue weighted by Crippen LogP contribution is 2.32. The lowest BCUT2D eigenvalue weighted by Crippen LogP contribution is -2.28. The van der Waals surface area contributed by atoms with Gasteiger partial charge in [-0.1, -0.05) is 0 Å². The summed E-state index contributed by atoms with van der Waals surface area (Å²) in [5, 5.41) is 7.57. The van der Waals surface area contributed by atoms with Crippen LogP contribution in [0.3, 0.4) is 0 Å². The van der Waals surface area contributed by atoms with Gasteiger partial charge in [0.25, 0.3) is 0 Å². The molecule has 1 aliphatic rings. The lowest BCUT2D eigenvalue weighted by molar-refractivity contribution is 0.141. The minimum absolute atomic E-state index is 0.451. The van der Waals surface area contributed by atoms with Gasteiger partial charge in [-0.2, -0.15) is 5.10 Å². The first-order valence-corrected chi connectivity index (χ1v) is 6.89. The molecule has 1 aliphatic heterocycles. The number of alkyl halides is 1. The van der Waals surface area contributed by atoms with Gasteiger partial charge in [0.2, 0.25) is 0 Å². The number of aromatic nitrogens is 2. The molecular formula is C12H19BrFN3. The molecular weight excluding hydrogens is 285 g/mol. The van der Waals surface area contributed by atoms with Crippen LogP contribution in [0.25, 0.3) is 0 Å². The summed E-state index contributed by atoms with van der Waals surface area (Å²) in [5.41, 5.74) is 0.802. The molecule has 0 saturated carbocycles. The standard InChI is InChI=1S/C12H19BrFN3/c1-9-11(13)10(17(2)16-9)8-12(14)4-3-6-15-7-5-12/h15H,3-8H2,1-2H3. The molecule has 0 spiro atoms. The summed E-state index contributed by atoms with van der Waals surface area (Å²) in [6, 6.07) is 0. The van der Waals surface area contributed by atoms with Crippen molar-refractivity contribution < 1.29 is 4.39 Å². The van der Waals surface area contributed by atoms with Gasteiger partial charge in [0, 0.05) is 13.5 Å². The molecule has 1 unspecified atom stereocenters. The third-order valence-electron chi connectivity index (χ3n) is 3.47. The normalized spacial score (nSPS) is 25.9. The molecule has 0 aromatic carbocycles. The van der Waals surface area contributed by atoms with Gasteiger partial charge in [0.05, 0.1) is 15.9 Å². The van der Waals surface area contributed by atoms with Crippen molar-refractivity contribution in [3.8, 4) is 0 Å². The molecule has 0 bridgehead atoms. The van der Waals surface area contributed by atoms with Gasteiger partial charge in [-0.25, -0.2) is 4.39 Å². The highest BCUT2D eigenvalue weighted by atomic mass is 79.9. The van der Waals surface area contributed by atoms with Gasteiger partial charge in [0.1, 0.15) is 5.67 Å². The lowest BCUT2D eigenvalue weighted by Gasteiger charge is -2.23. The summed E-state index contributed by atoms with van der Waals surface area (Å²) in [7, 11) is 1.88. The Labute approximate surface area is 110 Å². The molecule has 2 rings (SSSR count). The fourth-order valence-corrected chi connectivity index (χ4v) is 2.92. The number of hydrogen-bond acceptors (Lipinski definition) is 2. The van der Waals surface area contributed by atoms with Crippen molar-refractivity contribution in [2.45, 2.75) is 38.3 Å². The van der Waals surface area contributed by atoms with Crippen LogP contribution in [0.5, 0.6) is 0 Å². The van der Waals surface area contributed by atoms with Crippen LogP contribution in [-0.4, -0.2) is 28.5 Å². The number of halogens is 2. The molecule has 2 heterocycles. The van der Waals surface area contributed by atoms with Crippen LogP contribution in [0.1, 0.15) is 30.7 Å². The van der Waals surface area contributed by atoms with E-state index < -0.39 is 5.67 Å². The van der Waals surface area contributed by atoms with E-state index in [1.54, 1.807) is 4.68 Å². The van der Waals surface area contributed by atoms with Gasteiger partial charge in [-0.3, -0.25) is 4.68 Å². The van der Waals surface area contributed by atoms with Gasteiger partial charge in [0.15, 0.2) is 0 Å². The number of nitrogens with one attached hydrogen (secondary N) is 1. The van der Waals surface area contributed by atoms with E-state index in [0.29, 0.717) is 19.3 Å². The maximum Gasteiger partial charge on any atom is 0.117 e. The Morgan fingerprint density at radius 1 is 1.47 bits per heavy atom. The molecule has 0 radical (unpaired) electrons. The first kappa shape index (κ1) is 13.0. The molecule has 1 fully saturated rings. The zero-order valence-corrected chi connectivity index (χ0v) is 12.0. The second-order valence-corrected chi connectivity index (χ2v) is 5.69. The van der Waals surface area contributed by atoms with E-state index in [0.717, 1.165) is 35.4 Å². The summed E-state index contributed by atoms with van der Waals surface area (Å²) in [4.78, 5) is 0. The van der Waals surface area contributed by atoms with Gasteiger partial charge in [-0.15, -0.1) is 0 Å². The van der Waals surface area contributed by atoms with E-state index in [4.69, 9.17) is 0 Å².